The number of aliphatic carboxylic acids is 1. The van der Waals surface area contributed by atoms with Crippen molar-refractivity contribution in [3.8, 4) is 0 Å². The van der Waals surface area contributed by atoms with E-state index in [2.05, 4.69) is 19.2 Å². The van der Waals surface area contributed by atoms with Crippen LogP contribution in [0.4, 0.5) is 0 Å². The van der Waals surface area contributed by atoms with Crippen molar-refractivity contribution in [1.29, 1.82) is 0 Å². The summed E-state index contributed by atoms with van der Waals surface area (Å²) in [7, 11) is 0. The first-order chi connectivity index (χ1) is 17.1. The normalized spacial score (nSPS) is 11.4. The van der Waals surface area contributed by atoms with Crippen molar-refractivity contribution in [2.24, 2.45) is 0 Å². The average Bonchev–Trinajstić information content (AvgIpc) is 3.22. The number of aromatic nitrogens is 1. The van der Waals surface area contributed by atoms with E-state index in [1.165, 1.54) is 10.5 Å². The summed E-state index contributed by atoms with van der Waals surface area (Å²) < 4.78 is 1.82. The molecular formula is C29H37N3O4. The molecule has 0 radical (unpaired) electrons. The molecule has 2 aromatic heterocycles. The highest BCUT2D eigenvalue weighted by molar-refractivity contribution is 6.10. The first-order valence-corrected chi connectivity index (χ1v) is 12.7. The van der Waals surface area contributed by atoms with E-state index in [0.29, 0.717) is 29.3 Å². The number of rotatable bonds is 12. The van der Waals surface area contributed by atoms with Crippen molar-refractivity contribution in [3.05, 3.63) is 76.6 Å². The Morgan fingerprint density at radius 1 is 1.00 bits per heavy atom. The largest absolute Gasteiger partial charge is 0.480 e. The van der Waals surface area contributed by atoms with E-state index in [1.807, 2.05) is 41.7 Å². The van der Waals surface area contributed by atoms with Crippen molar-refractivity contribution in [2.75, 3.05) is 13.1 Å². The molecule has 1 aromatic carbocycles. The molecule has 1 amide bonds. The maximum absolute atomic E-state index is 13.5. The molecule has 7 heteroatoms. The van der Waals surface area contributed by atoms with Gasteiger partial charge in [0.2, 0.25) is 5.78 Å². The van der Waals surface area contributed by atoms with Crippen molar-refractivity contribution >= 4 is 23.2 Å². The summed E-state index contributed by atoms with van der Waals surface area (Å²) in [5, 5.41) is 12.6. The molecule has 3 rings (SSSR count). The second-order valence-electron chi connectivity index (χ2n) is 9.74. The number of carboxylic acids is 1. The zero-order valence-electron chi connectivity index (χ0n) is 21.9. The molecule has 7 nitrogen and oxygen atoms in total. The van der Waals surface area contributed by atoms with Crippen LogP contribution >= 0.6 is 0 Å². The van der Waals surface area contributed by atoms with Crippen LogP contribution in [-0.4, -0.2) is 57.2 Å². The van der Waals surface area contributed by atoms with Gasteiger partial charge in [0.15, 0.2) is 0 Å². The SMILES string of the molecule is CCc1cc2cc(C(=O)N(CC(=O)O)C(C)C)ccn2c1C(=O)c1ccc(CCCNC(C)C)cc1. The van der Waals surface area contributed by atoms with Crippen molar-refractivity contribution in [3.63, 3.8) is 0 Å². The van der Waals surface area contributed by atoms with Crippen molar-refractivity contribution in [2.45, 2.75) is 66.0 Å². The maximum Gasteiger partial charge on any atom is 0.323 e. The Hall–Kier alpha value is -3.45. The second-order valence-corrected chi connectivity index (χ2v) is 9.74. The Morgan fingerprint density at radius 3 is 2.28 bits per heavy atom. The van der Waals surface area contributed by atoms with Gasteiger partial charge in [-0.15, -0.1) is 0 Å². The summed E-state index contributed by atoms with van der Waals surface area (Å²) in [6, 6.07) is 13.3. The lowest BCUT2D eigenvalue weighted by molar-refractivity contribution is -0.138. The fourth-order valence-electron chi connectivity index (χ4n) is 4.34. The molecule has 0 saturated carbocycles. The molecule has 0 aliphatic heterocycles. The molecule has 192 valence electrons. The Balaban J connectivity index is 1.85. The van der Waals surface area contributed by atoms with E-state index in [-0.39, 0.29) is 24.3 Å². The Bertz CT molecular complexity index is 1230. The first kappa shape index (κ1) is 27.1. The number of fused-ring (bicyclic) bond motifs is 1. The highest BCUT2D eigenvalue weighted by atomic mass is 16.4. The molecule has 0 unspecified atom stereocenters. The molecule has 0 atom stereocenters. The smallest absolute Gasteiger partial charge is 0.323 e. The monoisotopic (exact) mass is 491 g/mol. The highest BCUT2D eigenvalue weighted by Crippen LogP contribution is 2.23. The van der Waals surface area contributed by atoms with E-state index >= 15 is 0 Å². The van der Waals surface area contributed by atoms with Gasteiger partial charge in [-0.05, 0) is 69.0 Å². The van der Waals surface area contributed by atoms with Gasteiger partial charge in [-0.25, -0.2) is 0 Å². The standard InChI is InChI=1S/C29H37N3O4/c1-6-22-16-25-17-24(29(36)32(20(4)5)18-26(33)34)13-15-31(25)27(22)28(35)23-11-9-21(10-12-23)8-7-14-30-19(2)3/h9-13,15-17,19-20,30H,6-8,14,18H2,1-5H3,(H,33,34). The summed E-state index contributed by atoms with van der Waals surface area (Å²) in [5.74, 6) is -1.46. The molecule has 2 N–H and O–H groups in total. The predicted octanol–water partition coefficient (Wildman–Crippen LogP) is 4.60. The van der Waals surface area contributed by atoms with Gasteiger partial charge in [-0.1, -0.05) is 45.0 Å². The summed E-state index contributed by atoms with van der Waals surface area (Å²) in [4.78, 5) is 39.1. The van der Waals surface area contributed by atoms with Gasteiger partial charge >= 0.3 is 5.97 Å². The number of nitrogens with one attached hydrogen (secondary N) is 1. The molecule has 36 heavy (non-hydrogen) atoms. The number of benzene rings is 1. The zero-order chi connectivity index (χ0) is 26.4. The molecule has 0 fully saturated rings. The van der Waals surface area contributed by atoms with Crippen molar-refractivity contribution < 1.29 is 19.5 Å². The van der Waals surface area contributed by atoms with Crippen molar-refractivity contribution in [1.82, 2.24) is 14.6 Å². The minimum Gasteiger partial charge on any atom is -0.480 e. The van der Waals surface area contributed by atoms with Gasteiger partial charge < -0.3 is 19.7 Å². The highest BCUT2D eigenvalue weighted by Gasteiger charge is 2.23. The lowest BCUT2D eigenvalue weighted by atomic mass is 10.0. The number of hydrogen-bond acceptors (Lipinski definition) is 4. The first-order valence-electron chi connectivity index (χ1n) is 12.7. The van der Waals surface area contributed by atoms with E-state index in [9.17, 15) is 19.5 Å². The van der Waals surface area contributed by atoms with Crippen LogP contribution in [0.5, 0.6) is 0 Å². The summed E-state index contributed by atoms with van der Waals surface area (Å²) in [5.41, 5.74) is 4.45. The van der Waals surface area contributed by atoms with Gasteiger partial charge in [0.25, 0.3) is 5.91 Å². The minimum atomic E-state index is -1.06. The van der Waals surface area contributed by atoms with Crippen LogP contribution in [0, 0.1) is 0 Å². The molecular weight excluding hydrogens is 454 g/mol. The lowest BCUT2D eigenvalue weighted by Crippen LogP contribution is -2.40. The maximum atomic E-state index is 13.5. The van der Waals surface area contributed by atoms with Crippen LogP contribution in [0.3, 0.4) is 0 Å². The summed E-state index contributed by atoms with van der Waals surface area (Å²) in [6.45, 7) is 10.4. The van der Waals surface area contributed by atoms with Crippen LogP contribution in [0.2, 0.25) is 0 Å². The molecule has 0 spiro atoms. The van der Waals surface area contributed by atoms with Crippen LogP contribution in [0.25, 0.3) is 5.52 Å². The number of pyridine rings is 1. The molecule has 0 bridgehead atoms. The lowest BCUT2D eigenvalue weighted by Gasteiger charge is -2.25. The fraction of sp³-hybridized carbons (Fsp3) is 0.414. The Morgan fingerprint density at radius 2 is 1.69 bits per heavy atom. The average molecular weight is 492 g/mol. The molecule has 0 aliphatic carbocycles. The van der Waals surface area contributed by atoms with Crippen LogP contribution < -0.4 is 5.32 Å². The number of aryl methyl sites for hydroxylation is 2. The molecule has 0 saturated heterocycles. The predicted molar refractivity (Wildman–Crippen MR) is 142 cm³/mol. The Kier molecular flexibility index (Phi) is 9.04. The van der Waals surface area contributed by atoms with E-state index in [0.717, 1.165) is 30.5 Å². The molecule has 0 aliphatic rings. The van der Waals surface area contributed by atoms with Gasteiger partial charge in [-0.3, -0.25) is 14.4 Å². The topological polar surface area (TPSA) is 91.1 Å². The Labute approximate surface area is 213 Å². The number of carbonyl (C=O) groups is 3. The third kappa shape index (κ3) is 6.40. The number of ketones is 1. The third-order valence-electron chi connectivity index (χ3n) is 6.30. The van der Waals surface area contributed by atoms with Crippen LogP contribution in [-0.2, 0) is 17.6 Å². The minimum absolute atomic E-state index is 0.0614. The zero-order valence-corrected chi connectivity index (χ0v) is 21.9. The van der Waals surface area contributed by atoms with Crippen LogP contribution in [0.1, 0.15) is 78.6 Å². The molecule has 3 aromatic rings. The molecule has 2 heterocycles. The van der Waals surface area contributed by atoms with E-state index < -0.39 is 5.97 Å². The number of amides is 1. The quantitative estimate of drug-likeness (QED) is 0.285. The summed E-state index contributed by atoms with van der Waals surface area (Å²) >= 11 is 0. The van der Waals surface area contributed by atoms with Gasteiger partial charge in [-0.2, -0.15) is 0 Å². The number of hydrogen-bond donors (Lipinski definition) is 2. The van der Waals surface area contributed by atoms with E-state index in [4.69, 9.17) is 0 Å². The number of carboxylic acid groups (broad SMARTS) is 1. The van der Waals surface area contributed by atoms with Gasteiger partial charge in [0.05, 0.1) is 5.69 Å². The summed E-state index contributed by atoms with van der Waals surface area (Å²) in [6.07, 6.45) is 4.39. The second kappa shape index (κ2) is 12.0. The third-order valence-corrected chi connectivity index (χ3v) is 6.30. The number of nitrogens with zero attached hydrogens (tertiary/aromatic N) is 2. The van der Waals surface area contributed by atoms with E-state index in [1.54, 1.807) is 32.2 Å². The fourth-order valence-corrected chi connectivity index (χ4v) is 4.34. The number of carbonyl (C=O) groups excluding carboxylic acids is 2. The van der Waals surface area contributed by atoms with Gasteiger partial charge in [0.1, 0.15) is 6.54 Å². The van der Waals surface area contributed by atoms with Gasteiger partial charge in [0, 0.05) is 34.9 Å². The van der Waals surface area contributed by atoms with Crippen LogP contribution in [0.15, 0.2) is 48.7 Å².